The number of methoxy groups -OCH3 is 1. The summed E-state index contributed by atoms with van der Waals surface area (Å²) in [5, 5.41) is 3.15. The number of carbonyl (C=O) groups excluding carboxylic acids is 2. The summed E-state index contributed by atoms with van der Waals surface area (Å²) >= 11 is 0. The molecule has 2 fully saturated rings. The highest BCUT2D eigenvalue weighted by Crippen LogP contribution is 2.27. The van der Waals surface area contributed by atoms with E-state index in [4.69, 9.17) is 4.74 Å². The van der Waals surface area contributed by atoms with Crippen LogP contribution in [-0.4, -0.2) is 48.9 Å². The number of benzene rings is 1. The van der Waals surface area contributed by atoms with Gasteiger partial charge < -0.3 is 10.1 Å². The minimum atomic E-state index is -0.00529. The van der Waals surface area contributed by atoms with Gasteiger partial charge in [0, 0.05) is 37.0 Å². The van der Waals surface area contributed by atoms with Gasteiger partial charge in [0.2, 0.25) is 5.91 Å². The Hall–Kier alpha value is -1.88. The van der Waals surface area contributed by atoms with Crippen LogP contribution in [0.3, 0.4) is 0 Å². The second-order valence-corrected chi connectivity index (χ2v) is 6.71. The number of carbonyl (C=O) groups is 2. The van der Waals surface area contributed by atoms with E-state index in [9.17, 15) is 9.59 Å². The lowest BCUT2D eigenvalue weighted by Crippen LogP contribution is -2.46. The van der Waals surface area contributed by atoms with E-state index in [2.05, 4.69) is 10.2 Å². The fourth-order valence-corrected chi connectivity index (χ4v) is 3.84. The predicted octanol–water partition coefficient (Wildman–Crippen LogP) is 2.40. The van der Waals surface area contributed by atoms with Crippen LogP contribution in [0.1, 0.15) is 48.9 Å². The molecule has 0 bridgehead atoms. The summed E-state index contributed by atoms with van der Waals surface area (Å²) < 4.78 is 5.09. The van der Waals surface area contributed by atoms with Gasteiger partial charge in [-0.05, 0) is 50.1 Å². The topological polar surface area (TPSA) is 58.6 Å². The van der Waals surface area contributed by atoms with Crippen molar-refractivity contribution in [2.75, 3.05) is 20.2 Å². The Bertz CT molecular complexity index is 585. The summed E-state index contributed by atoms with van der Waals surface area (Å²) in [6, 6.07) is 7.78. The summed E-state index contributed by atoms with van der Waals surface area (Å²) in [4.78, 5) is 26.9. The van der Waals surface area contributed by atoms with Gasteiger partial charge in [0.1, 0.15) is 5.75 Å². The minimum absolute atomic E-state index is 0.00137. The van der Waals surface area contributed by atoms with Crippen molar-refractivity contribution >= 4 is 11.7 Å². The molecule has 1 aromatic rings. The highest BCUT2D eigenvalue weighted by molar-refractivity contribution is 5.98. The van der Waals surface area contributed by atoms with E-state index in [0.717, 1.165) is 25.3 Å². The minimum Gasteiger partial charge on any atom is -0.497 e. The number of ether oxygens (including phenoxy) is 1. The van der Waals surface area contributed by atoms with Gasteiger partial charge in [0.25, 0.3) is 0 Å². The van der Waals surface area contributed by atoms with Gasteiger partial charge in [-0.15, -0.1) is 0 Å². The Kier molecular flexibility index (Phi) is 5.51. The molecule has 130 valence electrons. The van der Waals surface area contributed by atoms with E-state index in [1.807, 2.05) is 0 Å². The molecule has 0 radical (unpaired) electrons. The van der Waals surface area contributed by atoms with Crippen molar-refractivity contribution in [2.45, 2.75) is 50.6 Å². The van der Waals surface area contributed by atoms with E-state index < -0.39 is 0 Å². The quantitative estimate of drug-likeness (QED) is 0.814. The first-order valence-corrected chi connectivity index (χ1v) is 8.88. The third-order valence-corrected chi connectivity index (χ3v) is 5.19. The molecule has 2 saturated heterocycles. The standard InChI is InChI=1S/C19H26N2O3/c1-24-15-7-5-14(6-8-15)18(22)9-10-19(23)20-16-11-13-21-12-3-2-4-17(16)21/h5-8,16-17H,2-4,9-13H2,1H3,(H,20,23). The SMILES string of the molecule is COc1ccc(C(=O)CCC(=O)NC2CCN3CCCCC23)cc1. The van der Waals surface area contributed by atoms with Gasteiger partial charge in [-0.25, -0.2) is 0 Å². The van der Waals surface area contributed by atoms with Gasteiger partial charge in [0.15, 0.2) is 5.78 Å². The molecule has 2 atom stereocenters. The molecule has 24 heavy (non-hydrogen) atoms. The van der Waals surface area contributed by atoms with Crippen molar-refractivity contribution < 1.29 is 14.3 Å². The van der Waals surface area contributed by atoms with Crippen LogP contribution < -0.4 is 10.1 Å². The molecular formula is C19H26N2O3. The number of piperidine rings is 1. The number of hydrogen-bond donors (Lipinski definition) is 1. The molecule has 0 saturated carbocycles. The Morgan fingerprint density at radius 1 is 1.12 bits per heavy atom. The maximum atomic E-state index is 12.2. The van der Waals surface area contributed by atoms with Crippen molar-refractivity contribution in [3.05, 3.63) is 29.8 Å². The van der Waals surface area contributed by atoms with Gasteiger partial charge >= 0.3 is 0 Å². The number of rotatable bonds is 6. The molecule has 5 nitrogen and oxygen atoms in total. The molecular weight excluding hydrogens is 304 g/mol. The molecule has 2 aliphatic heterocycles. The molecule has 3 rings (SSSR count). The van der Waals surface area contributed by atoms with Crippen LogP contribution in [0, 0.1) is 0 Å². The normalized spacial score (nSPS) is 23.5. The van der Waals surface area contributed by atoms with E-state index in [1.54, 1.807) is 31.4 Å². The van der Waals surface area contributed by atoms with Crippen LogP contribution in [0.2, 0.25) is 0 Å². The average molecular weight is 330 g/mol. The van der Waals surface area contributed by atoms with Crippen LogP contribution in [0.4, 0.5) is 0 Å². The van der Waals surface area contributed by atoms with Crippen molar-refractivity contribution in [3.8, 4) is 5.75 Å². The number of ketones is 1. The first-order valence-electron chi connectivity index (χ1n) is 8.88. The van der Waals surface area contributed by atoms with Crippen LogP contribution in [0.15, 0.2) is 24.3 Å². The summed E-state index contributed by atoms with van der Waals surface area (Å²) in [6.07, 6.45) is 5.24. The maximum absolute atomic E-state index is 12.2. The van der Waals surface area contributed by atoms with Crippen molar-refractivity contribution in [1.29, 1.82) is 0 Å². The first-order chi connectivity index (χ1) is 11.7. The molecule has 0 aromatic heterocycles. The highest BCUT2D eigenvalue weighted by Gasteiger charge is 2.36. The van der Waals surface area contributed by atoms with Gasteiger partial charge in [-0.2, -0.15) is 0 Å². The van der Waals surface area contributed by atoms with Gasteiger partial charge in [-0.1, -0.05) is 6.42 Å². The molecule has 2 unspecified atom stereocenters. The fourth-order valence-electron chi connectivity index (χ4n) is 3.84. The van der Waals surface area contributed by atoms with Crippen molar-refractivity contribution in [3.63, 3.8) is 0 Å². The molecule has 2 aliphatic rings. The lowest BCUT2D eigenvalue weighted by molar-refractivity contribution is -0.122. The Balaban J connectivity index is 1.45. The second-order valence-electron chi connectivity index (χ2n) is 6.71. The number of nitrogens with zero attached hydrogens (tertiary/aromatic N) is 1. The maximum Gasteiger partial charge on any atom is 0.220 e. The zero-order valence-corrected chi connectivity index (χ0v) is 14.3. The Morgan fingerprint density at radius 3 is 2.67 bits per heavy atom. The number of fused-ring (bicyclic) bond motifs is 1. The third kappa shape index (κ3) is 3.96. The van der Waals surface area contributed by atoms with Crippen molar-refractivity contribution in [1.82, 2.24) is 10.2 Å². The zero-order chi connectivity index (χ0) is 16.9. The van der Waals surface area contributed by atoms with Crippen LogP contribution in [-0.2, 0) is 4.79 Å². The summed E-state index contributed by atoms with van der Waals surface area (Å²) in [5.74, 6) is 0.718. The summed E-state index contributed by atoms with van der Waals surface area (Å²) in [7, 11) is 1.59. The average Bonchev–Trinajstić information content (AvgIpc) is 3.03. The van der Waals surface area contributed by atoms with Gasteiger partial charge in [-0.3, -0.25) is 14.5 Å². The number of amides is 1. The monoisotopic (exact) mass is 330 g/mol. The zero-order valence-electron chi connectivity index (χ0n) is 14.3. The molecule has 1 amide bonds. The van der Waals surface area contributed by atoms with Crippen LogP contribution >= 0.6 is 0 Å². The number of nitrogens with one attached hydrogen (secondary N) is 1. The lowest BCUT2D eigenvalue weighted by atomic mass is 9.99. The smallest absolute Gasteiger partial charge is 0.220 e. The predicted molar refractivity (Wildman–Crippen MR) is 92.3 cm³/mol. The molecule has 0 aliphatic carbocycles. The van der Waals surface area contributed by atoms with E-state index in [-0.39, 0.29) is 30.6 Å². The lowest BCUT2D eigenvalue weighted by Gasteiger charge is -2.32. The fraction of sp³-hybridized carbons (Fsp3) is 0.579. The molecule has 1 aromatic carbocycles. The number of hydrogen-bond acceptors (Lipinski definition) is 4. The number of Topliss-reactive ketones (excluding diaryl/α,β-unsaturated/α-hetero) is 1. The van der Waals surface area contributed by atoms with Crippen LogP contribution in [0.25, 0.3) is 0 Å². The van der Waals surface area contributed by atoms with E-state index in [0.29, 0.717) is 11.6 Å². The van der Waals surface area contributed by atoms with E-state index in [1.165, 1.54) is 19.3 Å². The molecule has 5 heteroatoms. The largest absolute Gasteiger partial charge is 0.497 e. The third-order valence-electron chi connectivity index (χ3n) is 5.19. The Labute approximate surface area is 143 Å². The second kappa shape index (κ2) is 7.79. The molecule has 2 heterocycles. The highest BCUT2D eigenvalue weighted by atomic mass is 16.5. The molecule has 1 N–H and O–H groups in total. The van der Waals surface area contributed by atoms with Crippen LogP contribution in [0.5, 0.6) is 5.75 Å². The summed E-state index contributed by atoms with van der Waals surface area (Å²) in [5.41, 5.74) is 0.628. The summed E-state index contributed by atoms with van der Waals surface area (Å²) in [6.45, 7) is 2.24. The van der Waals surface area contributed by atoms with Crippen molar-refractivity contribution in [2.24, 2.45) is 0 Å². The van der Waals surface area contributed by atoms with Gasteiger partial charge in [0.05, 0.1) is 7.11 Å². The Morgan fingerprint density at radius 2 is 1.92 bits per heavy atom. The first kappa shape index (κ1) is 17.0. The molecule has 0 spiro atoms. The van der Waals surface area contributed by atoms with E-state index >= 15 is 0 Å².